The molecule has 0 saturated heterocycles. The predicted octanol–water partition coefficient (Wildman–Crippen LogP) is 3.42. The maximum atomic E-state index is 13.1. The standard InChI is InChI=1S/C19H18FNO4/c1-13(19(23)21-16-8-3-4-9-17(16)24-2)25-18(22)11-10-14-6-5-7-15(20)12-14/h3-13H,1-2H3,(H,21,23)/b11-10+/t13-/m0/s1. The molecule has 1 amide bonds. The molecule has 0 bridgehead atoms. The Morgan fingerprint density at radius 2 is 1.92 bits per heavy atom. The van der Waals surface area contributed by atoms with Gasteiger partial charge in [0.05, 0.1) is 12.8 Å². The van der Waals surface area contributed by atoms with Gasteiger partial charge in [0.1, 0.15) is 11.6 Å². The highest BCUT2D eigenvalue weighted by molar-refractivity contribution is 5.97. The lowest BCUT2D eigenvalue weighted by molar-refractivity contribution is -0.148. The molecule has 0 aromatic heterocycles. The van der Waals surface area contributed by atoms with Crippen molar-refractivity contribution in [3.05, 3.63) is 66.0 Å². The van der Waals surface area contributed by atoms with Gasteiger partial charge in [0.15, 0.2) is 6.10 Å². The van der Waals surface area contributed by atoms with E-state index in [1.54, 1.807) is 30.3 Å². The molecule has 0 aliphatic heterocycles. The number of rotatable bonds is 6. The summed E-state index contributed by atoms with van der Waals surface area (Å²) in [6, 6.07) is 12.7. The highest BCUT2D eigenvalue weighted by Crippen LogP contribution is 2.23. The van der Waals surface area contributed by atoms with Crippen LogP contribution in [0.2, 0.25) is 0 Å². The van der Waals surface area contributed by atoms with Crippen LogP contribution in [0.1, 0.15) is 12.5 Å². The number of hydrogen-bond donors (Lipinski definition) is 1. The molecule has 2 aromatic carbocycles. The number of carbonyl (C=O) groups is 2. The summed E-state index contributed by atoms with van der Waals surface area (Å²) in [6.07, 6.45) is 1.55. The van der Waals surface area contributed by atoms with E-state index in [-0.39, 0.29) is 0 Å². The normalized spacial score (nSPS) is 11.8. The Morgan fingerprint density at radius 3 is 2.64 bits per heavy atom. The topological polar surface area (TPSA) is 64.6 Å². The number of para-hydroxylation sites is 2. The van der Waals surface area contributed by atoms with Crippen LogP contribution >= 0.6 is 0 Å². The van der Waals surface area contributed by atoms with Crippen molar-refractivity contribution in [3.8, 4) is 5.75 Å². The Labute approximate surface area is 145 Å². The summed E-state index contributed by atoms with van der Waals surface area (Å²) < 4.78 is 23.2. The molecule has 2 rings (SSSR count). The van der Waals surface area contributed by atoms with Crippen molar-refractivity contribution in [2.75, 3.05) is 12.4 Å². The molecule has 0 aliphatic rings. The zero-order valence-electron chi connectivity index (χ0n) is 13.9. The summed E-state index contributed by atoms with van der Waals surface area (Å²) in [7, 11) is 1.49. The van der Waals surface area contributed by atoms with Crippen LogP contribution in [0.15, 0.2) is 54.6 Å². The lowest BCUT2D eigenvalue weighted by Crippen LogP contribution is -2.29. The van der Waals surface area contributed by atoms with Gasteiger partial charge in [-0.15, -0.1) is 0 Å². The average Bonchev–Trinajstić information content (AvgIpc) is 2.60. The predicted molar refractivity (Wildman–Crippen MR) is 92.6 cm³/mol. The van der Waals surface area contributed by atoms with E-state index < -0.39 is 23.8 Å². The summed E-state index contributed by atoms with van der Waals surface area (Å²) in [6.45, 7) is 1.46. The van der Waals surface area contributed by atoms with Crippen molar-refractivity contribution in [1.82, 2.24) is 0 Å². The first-order valence-electron chi connectivity index (χ1n) is 7.57. The van der Waals surface area contributed by atoms with Crippen LogP contribution in [0.25, 0.3) is 6.08 Å². The summed E-state index contributed by atoms with van der Waals surface area (Å²) >= 11 is 0. The monoisotopic (exact) mass is 343 g/mol. The molecule has 0 radical (unpaired) electrons. The minimum atomic E-state index is -1.01. The second-order valence-corrected chi connectivity index (χ2v) is 5.16. The number of ether oxygens (including phenoxy) is 2. The maximum absolute atomic E-state index is 13.1. The second kappa shape index (κ2) is 8.63. The molecule has 0 spiro atoms. The third kappa shape index (κ3) is 5.46. The Kier molecular flexibility index (Phi) is 6.28. The summed E-state index contributed by atoms with van der Waals surface area (Å²) in [4.78, 5) is 23.9. The first kappa shape index (κ1) is 18.2. The second-order valence-electron chi connectivity index (χ2n) is 5.16. The Morgan fingerprint density at radius 1 is 1.16 bits per heavy atom. The zero-order valence-corrected chi connectivity index (χ0v) is 13.9. The van der Waals surface area contributed by atoms with E-state index in [2.05, 4.69) is 5.32 Å². The van der Waals surface area contributed by atoms with Crippen LogP contribution in [0.3, 0.4) is 0 Å². The van der Waals surface area contributed by atoms with Gasteiger partial charge in [-0.1, -0.05) is 24.3 Å². The fourth-order valence-corrected chi connectivity index (χ4v) is 2.02. The number of halogens is 1. The van der Waals surface area contributed by atoms with Gasteiger partial charge in [-0.05, 0) is 42.8 Å². The molecular formula is C19H18FNO4. The number of anilines is 1. The van der Waals surface area contributed by atoms with Gasteiger partial charge in [0, 0.05) is 6.08 Å². The number of nitrogens with one attached hydrogen (secondary N) is 1. The van der Waals surface area contributed by atoms with Crippen molar-refractivity contribution >= 4 is 23.6 Å². The highest BCUT2D eigenvalue weighted by atomic mass is 19.1. The molecule has 0 fully saturated rings. The molecule has 0 saturated carbocycles. The lowest BCUT2D eigenvalue weighted by Gasteiger charge is -2.14. The van der Waals surface area contributed by atoms with E-state index in [1.165, 1.54) is 38.3 Å². The number of esters is 1. The minimum Gasteiger partial charge on any atom is -0.495 e. The van der Waals surface area contributed by atoms with Crippen molar-refractivity contribution in [1.29, 1.82) is 0 Å². The zero-order chi connectivity index (χ0) is 18.2. The van der Waals surface area contributed by atoms with Gasteiger partial charge in [-0.2, -0.15) is 0 Å². The maximum Gasteiger partial charge on any atom is 0.331 e. The molecule has 1 atom stereocenters. The average molecular weight is 343 g/mol. The third-order valence-electron chi connectivity index (χ3n) is 3.29. The van der Waals surface area contributed by atoms with Gasteiger partial charge >= 0.3 is 5.97 Å². The van der Waals surface area contributed by atoms with Gasteiger partial charge in [-0.25, -0.2) is 9.18 Å². The van der Waals surface area contributed by atoms with E-state index in [0.29, 0.717) is 17.0 Å². The van der Waals surface area contributed by atoms with E-state index in [0.717, 1.165) is 6.08 Å². The summed E-state index contributed by atoms with van der Waals surface area (Å²) in [5.41, 5.74) is 0.997. The summed E-state index contributed by atoms with van der Waals surface area (Å²) in [5, 5.41) is 2.63. The van der Waals surface area contributed by atoms with Crippen LogP contribution in [-0.4, -0.2) is 25.1 Å². The first-order chi connectivity index (χ1) is 12.0. The van der Waals surface area contributed by atoms with Crippen LogP contribution in [0, 0.1) is 5.82 Å². The molecule has 25 heavy (non-hydrogen) atoms. The van der Waals surface area contributed by atoms with Gasteiger partial charge in [0.25, 0.3) is 5.91 Å². The molecule has 6 heteroatoms. The number of hydrogen-bond acceptors (Lipinski definition) is 4. The quantitative estimate of drug-likeness (QED) is 0.645. The smallest absolute Gasteiger partial charge is 0.331 e. The number of amides is 1. The molecule has 0 aliphatic carbocycles. The first-order valence-corrected chi connectivity index (χ1v) is 7.57. The van der Waals surface area contributed by atoms with E-state index in [1.807, 2.05) is 0 Å². The fourth-order valence-electron chi connectivity index (χ4n) is 2.02. The number of carbonyl (C=O) groups excluding carboxylic acids is 2. The van der Waals surface area contributed by atoms with Gasteiger partial charge in [-0.3, -0.25) is 4.79 Å². The fraction of sp³-hybridized carbons (Fsp3) is 0.158. The van der Waals surface area contributed by atoms with Crippen molar-refractivity contribution in [2.45, 2.75) is 13.0 Å². The van der Waals surface area contributed by atoms with Crippen LogP contribution < -0.4 is 10.1 Å². The SMILES string of the molecule is COc1ccccc1NC(=O)[C@H](C)OC(=O)/C=C/c1cccc(F)c1. The van der Waals surface area contributed by atoms with Crippen molar-refractivity contribution < 1.29 is 23.5 Å². The van der Waals surface area contributed by atoms with E-state index in [9.17, 15) is 14.0 Å². The van der Waals surface area contributed by atoms with Crippen molar-refractivity contribution in [3.63, 3.8) is 0 Å². The summed E-state index contributed by atoms with van der Waals surface area (Å²) in [5.74, 6) is -1.09. The van der Waals surface area contributed by atoms with Crippen LogP contribution in [-0.2, 0) is 14.3 Å². The molecule has 2 aromatic rings. The van der Waals surface area contributed by atoms with Crippen molar-refractivity contribution in [2.24, 2.45) is 0 Å². The highest BCUT2D eigenvalue weighted by Gasteiger charge is 2.18. The molecular weight excluding hydrogens is 325 g/mol. The van der Waals surface area contributed by atoms with E-state index in [4.69, 9.17) is 9.47 Å². The molecule has 1 N–H and O–H groups in total. The van der Waals surface area contributed by atoms with Crippen LogP contribution in [0.4, 0.5) is 10.1 Å². The molecule has 5 nitrogen and oxygen atoms in total. The van der Waals surface area contributed by atoms with Gasteiger partial charge in [0.2, 0.25) is 0 Å². The van der Waals surface area contributed by atoms with Crippen LogP contribution in [0.5, 0.6) is 5.75 Å². The third-order valence-corrected chi connectivity index (χ3v) is 3.29. The number of benzene rings is 2. The number of methoxy groups -OCH3 is 1. The minimum absolute atomic E-state index is 0.403. The Balaban J connectivity index is 1.93. The van der Waals surface area contributed by atoms with Gasteiger partial charge < -0.3 is 14.8 Å². The largest absolute Gasteiger partial charge is 0.495 e. The lowest BCUT2D eigenvalue weighted by atomic mass is 10.2. The Bertz CT molecular complexity index is 788. The molecule has 0 unspecified atom stereocenters. The van der Waals surface area contributed by atoms with E-state index >= 15 is 0 Å². The molecule has 130 valence electrons. The Hall–Kier alpha value is -3.15. The molecule has 0 heterocycles.